The van der Waals surface area contributed by atoms with E-state index in [4.69, 9.17) is 0 Å². The topological polar surface area (TPSA) is 97.4 Å². The maximum atomic E-state index is 11.5. The minimum atomic E-state index is -4.05. The van der Waals surface area contributed by atoms with E-state index in [1.54, 1.807) is 23.8 Å². The monoisotopic (exact) mass is 323 g/mol. The molecule has 0 saturated carbocycles. The van der Waals surface area contributed by atoms with E-state index in [0.717, 1.165) is 0 Å². The van der Waals surface area contributed by atoms with Crippen molar-refractivity contribution >= 4 is 38.1 Å². The van der Waals surface area contributed by atoms with Crippen LogP contribution in [0.4, 0.5) is 10.6 Å². The summed E-state index contributed by atoms with van der Waals surface area (Å²) < 4.78 is 31.6. The number of carbonyl (C=O) groups is 1. The Morgan fingerprint density at radius 3 is 2.88 bits per heavy atom. The van der Waals surface area contributed by atoms with Crippen LogP contribution >= 0.6 is 15.9 Å². The lowest BCUT2D eigenvalue weighted by Gasteiger charge is -2.09. The standard InChI is InChI=1S/C8H10BrN3O4S/c1-2-16-8(13)12-17(14,15)11-7-6(9)4-3-5-10-7/h3-5H,2H2,1H3,(H,10,11)(H,12,13). The number of ether oxygens (including phenoxy) is 1. The van der Waals surface area contributed by atoms with Crippen molar-refractivity contribution in [1.82, 2.24) is 9.71 Å². The SMILES string of the molecule is CCOC(=O)NS(=O)(=O)Nc1ncccc1Br. The summed E-state index contributed by atoms with van der Waals surface area (Å²) in [7, 11) is -4.05. The summed E-state index contributed by atoms with van der Waals surface area (Å²) in [6, 6.07) is 3.23. The zero-order valence-corrected chi connectivity index (χ0v) is 11.2. The molecule has 1 aromatic heterocycles. The van der Waals surface area contributed by atoms with Crippen molar-refractivity contribution in [2.45, 2.75) is 6.92 Å². The normalized spacial score (nSPS) is 10.7. The van der Waals surface area contributed by atoms with Gasteiger partial charge in [0.25, 0.3) is 0 Å². The van der Waals surface area contributed by atoms with Crippen LogP contribution in [0.15, 0.2) is 22.8 Å². The van der Waals surface area contributed by atoms with Crippen LogP contribution in [0, 0.1) is 0 Å². The van der Waals surface area contributed by atoms with E-state index in [-0.39, 0.29) is 12.4 Å². The highest BCUT2D eigenvalue weighted by molar-refractivity contribution is 9.10. The van der Waals surface area contributed by atoms with E-state index in [9.17, 15) is 13.2 Å². The average molecular weight is 324 g/mol. The predicted molar refractivity (Wildman–Crippen MR) is 64.6 cm³/mol. The lowest BCUT2D eigenvalue weighted by atomic mass is 10.5. The number of pyridine rings is 1. The largest absolute Gasteiger partial charge is 0.449 e. The quantitative estimate of drug-likeness (QED) is 0.869. The summed E-state index contributed by atoms with van der Waals surface area (Å²) in [5.74, 6) is 0.0734. The molecule has 1 aromatic rings. The first-order chi connectivity index (χ1) is 7.94. The molecule has 94 valence electrons. The highest BCUT2D eigenvalue weighted by atomic mass is 79.9. The van der Waals surface area contributed by atoms with Crippen LogP contribution in [0.1, 0.15) is 6.92 Å². The Balaban J connectivity index is 2.74. The summed E-state index contributed by atoms with van der Waals surface area (Å²) in [5.41, 5.74) is 0. The first kappa shape index (κ1) is 13.7. The zero-order valence-electron chi connectivity index (χ0n) is 8.81. The van der Waals surface area contributed by atoms with Gasteiger partial charge in [0.1, 0.15) is 0 Å². The third-order valence-corrected chi connectivity index (χ3v) is 3.02. The van der Waals surface area contributed by atoms with Crippen molar-refractivity contribution in [3.05, 3.63) is 22.8 Å². The predicted octanol–water partition coefficient (Wildman–Crippen LogP) is 1.25. The van der Waals surface area contributed by atoms with E-state index < -0.39 is 16.3 Å². The average Bonchev–Trinajstić information content (AvgIpc) is 2.20. The number of hydrogen-bond donors (Lipinski definition) is 2. The summed E-state index contributed by atoms with van der Waals surface area (Å²) >= 11 is 3.11. The minimum Gasteiger partial charge on any atom is -0.449 e. The molecule has 0 radical (unpaired) electrons. The number of halogens is 1. The van der Waals surface area contributed by atoms with Crippen molar-refractivity contribution in [2.75, 3.05) is 11.3 Å². The molecule has 9 heteroatoms. The lowest BCUT2D eigenvalue weighted by molar-refractivity contribution is 0.159. The smallest absolute Gasteiger partial charge is 0.422 e. The molecule has 0 atom stereocenters. The Morgan fingerprint density at radius 2 is 2.29 bits per heavy atom. The van der Waals surface area contributed by atoms with E-state index in [2.05, 4.69) is 30.4 Å². The molecule has 0 aliphatic carbocycles. The summed E-state index contributed by atoms with van der Waals surface area (Å²) in [4.78, 5) is 14.7. The lowest BCUT2D eigenvalue weighted by Crippen LogP contribution is -2.36. The maximum absolute atomic E-state index is 11.5. The van der Waals surface area contributed by atoms with Crippen molar-refractivity contribution in [3.8, 4) is 0 Å². The molecule has 1 heterocycles. The fraction of sp³-hybridized carbons (Fsp3) is 0.250. The first-order valence-corrected chi connectivity index (χ1v) is 6.80. The number of hydrogen-bond acceptors (Lipinski definition) is 5. The second-order valence-corrected chi connectivity index (χ2v) is 5.03. The molecule has 0 bridgehead atoms. The van der Waals surface area contributed by atoms with Crippen LogP contribution in [0.3, 0.4) is 0 Å². The number of nitrogens with zero attached hydrogens (tertiary/aromatic N) is 1. The maximum Gasteiger partial charge on any atom is 0.422 e. The summed E-state index contributed by atoms with van der Waals surface area (Å²) in [6.45, 7) is 1.64. The van der Waals surface area contributed by atoms with Crippen LogP contribution in [-0.2, 0) is 14.9 Å². The van der Waals surface area contributed by atoms with Gasteiger partial charge < -0.3 is 4.74 Å². The van der Waals surface area contributed by atoms with Gasteiger partial charge in [0.2, 0.25) is 0 Å². The Bertz CT molecular complexity index is 505. The van der Waals surface area contributed by atoms with E-state index in [0.29, 0.717) is 4.47 Å². The van der Waals surface area contributed by atoms with Crippen LogP contribution in [0.2, 0.25) is 0 Å². The third-order valence-electron chi connectivity index (χ3n) is 1.48. The van der Waals surface area contributed by atoms with Gasteiger partial charge in [-0.25, -0.2) is 19.2 Å². The van der Waals surface area contributed by atoms with Crippen LogP contribution < -0.4 is 9.44 Å². The molecule has 0 aromatic carbocycles. The molecule has 0 saturated heterocycles. The Hall–Kier alpha value is -1.35. The molecule has 0 fully saturated rings. The van der Waals surface area contributed by atoms with Gasteiger partial charge in [0, 0.05) is 6.20 Å². The van der Waals surface area contributed by atoms with Gasteiger partial charge in [-0.1, -0.05) is 0 Å². The number of aromatic nitrogens is 1. The fourth-order valence-corrected chi connectivity index (χ4v) is 2.12. The van der Waals surface area contributed by atoms with Crippen LogP contribution in [0.25, 0.3) is 0 Å². The number of rotatable bonds is 4. The molecular weight excluding hydrogens is 314 g/mol. The number of amides is 1. The van der Waals surface area contributed by atoms with Gasteiger partial charge >= 0.3 is 16.3 Å². The molecule has 0 unspecified atom stereocenters. The highest BCUT2D eigenvalue weighted by Crippen LogP contribution is 2.18. The van der Waals surface area contributed by atoms with Gasteiger partial charge in [-0.15, -0.1) is 0 Å². The molecule has 1 amide bonds. The summed E-state index contributed by atoms with van der Waals surface area (Å²) in [6.07, 6.45) is 0.361. The highest BCUT2D eigenvalue weighted by Gasteiger charge is 2.16. The van der Waals surface area contributed by atoms with Crippen LogP contribution in [-0.4, -0.2) is 26.1 Å². The number of anilines is 1. The van der Waals surface area contributed by atoms with Gasteiger partial charge in [-0.3, -0.25) is 0 Å². The van der Waals surface area contributed by atoms with Gasteiger partial charge in [0.05, 0.1) is 11.1 Å². The van der Waals surface area contributed by atoms with Crippen molar-refractivity contribution in [1.29, 1.82) is 0 Å². The third kappa shape index (κ3) is 4.57. The molecule has 0 aliphatic heterocycles. The molecule has 2 N–H and O–H groups in total. The Kier molecular flexibility index (Phi) is 4.70. The molecule has 0 aliphatic rings. The van der Waals surface area contributed by atoms with Crippen molar-refractivity contribution < 1.29 is 17.9 Å². The second-order valence-electron chi connectivity index (χ2n) is 2.76. The molecule has 7 nitrogen and oxygen atoms in total. The Labute approximate surface area is 107 Å². The minimum absolute atomic E-state index is 0.0734. The van der Waals surface area contributed by atoms with Gasteiger partial charge in [-0.05, 0) is 35.0 Å². The van der Waals surface area contributed by atoms with Gasteiger partial charge in [0.15, 0.2) is 5.82 Å². The fourth-order valence-electron chi connectivity index (χ4n) is 0.884. The second kappa shape index (κ2) is 5.82. The van der Waals surface area contributed by atoms with Crippen LogP contribution in [0.5, 0.6) is 0 Å². The van der Waals surface area contributed by atoms with Crippen molar-refractivity contribution in [3.63, 3.8) is 0 Å². The zero-order chi connectivity index (χ0) is 12.9. The summed E-state index contributed by atoms with van der Waals surface area (Å²) in [5, 5.41) is 0. The molecular formula is C8H10BrN3O4S. The van der Waals surface area contributed by atoms with E-state index >= 15 is 0 Å². The Morgan fingerprint density at radius 1 is 1.59 bits per heavy atom. The van der Waals surface area contributed by atoms with Crippen molar-refractivity contribution in [2.24, 2.45) is 0 Å². The first-order valence-electron chi connectivity index (χ1n) is 4.52. The molecule has 0 spiro atoms. The van der Waals surface area contributed by atoms with E-state index in [1.807, 2.05) is 0 Å². The molecule has 17 heavy (non-hydrogen) atoms. The van der Waals surface area contributed by atoms with Gasteiger partial charge in [-0.2, -0.15) is 8.42 Å². The number of nitrogens with one attached hydrogen (secondary N) is 2. The van der Waals surface area contributed by atoms with E-state index in [1.165, 1.54) is 6.20 Å². The number of carbonyl (C=O) groups excluding carboxylic acids is 1. The molecule has 1 rings (SSSR count).